The standard InChI is InChI=1S/C17H16O3/c1-10-11(2)14(9-15(18)12(10)3)17(20)16(19)13-7-5-4-6-8-13/h4-9,18H,1-3H3. The molecule has 3 nitrogen and oxygen atoms in total. The van der Waals surface area contributed by atoms with Gasteiger partial charge in [0.05, 0.1) is 0 Å². The van der Waals surface area contributed by atoms with Crippen LogP contribution in [0.4, 0.5) is 0 Å². The van der Waals surface area contributed by atoms with E-state index in [1.165, 1.54) is 6.07 Å². The van der Waals surface area contributed by atoms with Crippen molar-refractivity contribution in [1.82, 2.24) is 0 Å². The van der Waals surface area contributed by atoms with Crippen molar-refractivity contribution in [1.29, 1.82) is 0 Å². The van der Waals surface area contributed by atoms with E-state index in [2.05, 4.69) is 0 Å². The first-order chi connectivity index (χ1) is 9.43. The van der Waals surface area contributed by atoms with Crippen LogP contribution in [0, 0.1) is 20.8 Å². The minimum atomic E-state index is -0.591. The van der Waals surface area contributed by atoms with Crippen molar-refractivity contribution >= 4 is 11.6 Å². The summed E-state index contributed by atoms with van der Waals surface area (Å²) in [5.41, 5.74) is 2.91. The molecular formula is C17H16O3. The van der Waals surface area contributed by atoms with E-state index in [0.29, 0.717) is 5.56 Å². The number of rotatable bonds is 3. The summed E-state index contributed by atoms with van der Waals surface area (Å²) >= 11 is 0. The number of aromatic hydroxyl groups is 1. The lowest BCUT2D eigenvalue weighted by Gasteiger charge is -2.12. The van der Waals surface area contributed by atoms with Gasteiger partial charge in [-0.05, 0) is 43.5 Å². The van der Waals surface area contributed by atoms with Gasteiger partial charge in [-0.25, -0.2) is 0 Å². The molecule has 2 rings (SSSR count). The molecule has 0 heterocycles. The molecule has 0 aromatic heterocycles. The predicted molar refractivity (Wildman–Crippen MR) is 77.4 cm³/mol. The highest BCUT2D eigenvalue weighted by Gasteiger charge is 2.22. The van der Waals surface area contributed by atoms with Gasteiger partial charge < -0.3 is 5.11 Å². The number of phenols is 1. The minimum absolute atomic E-state index is 0.0392. The Hall–Kier alpha value is -2.42. The van der Waals surface area contributed by atoms with E-state index in [9.17, 15) is 14.7 Å². The van der Waals surface area contributed by atoms with Gasteiger partial charge in [0.15, 0.2) is 0 Å². The summed E-state index contributed by atoms with van der Waals surface area (Å²) in [6.45, 7) is 5.40. The lowest BCUT2D eigenvalue weighted by atomic mass is 9.92. The van der Waals surface area contributed by atoms with E-state index in [1.807, 2.05) is 6.92 Å². The SMILES string of the molecule is Cc1c(O)cc(C(=O)C(=O)c2ccccc2)c(C)c1C. The summed E-state index contributed by atoms with van der Waals surface area (Å²) in [4.78, 5) is 24.5. The number of ketones is 2. The Balaban J connectivity index is 2.48. The number of hydrogen-bond donors (Lipinski definition) is 1. The summed E-state index contributed by atoms with van der Waals surface area (Å²) in [7, 11) is 0. The summed E-state index contributed by atoms with van der Waals surface area (Å²) in [6, 6.07) is 9.80. The normalized spacial score (nSPS) is 10.3. The minimum Gasteiger partial charge on any atom is -0.508 e. The first kappa shape index (κ1) is 14.0. The zero-order valence-corrected chi connectivity index (χ0v) is 11.7. The molecule has 0 amide bonds. The first-order valence-electron chi connectivity index (χ1n) is 6.37. The third kappa shape index (κ3) is 2.35. The molecule has 0 radical (unpaired) electrons. The molecule has 2 aromatic carbocycles. The topological polar surface area (TPSA) is 54.4 Å². The highest BCUT2D eigenvalue weighted by atomic mass is 16.3. The second-order valence-electron chi connectivity index (χ2n) is 4.84. The fourth-order valence-electron chi connectivity index (χ4n) is 2.11. The van der Waals surface area contributed by atoms with Gasteiger partial charge in [0, 0.05) is 11.1 Å². The third-order valence-corrected chi connectivity index (χ3v) is 3.68. The van der Waals surface area contributed by atoms with Crippen LogP contribution in [0.1, 0.15) is 37.4 Å². The van der Waals surface area contributed by atoms with Crippen LogP contribution in [0.15, 0.2) is 36.4 Å². The van der Waals surface area contributed by atoms with Crippen molar-refractivity contribution in [3.8, 4) is 5.75 Å². The van der Waals surface area contributed by atoms with Gasteiger partial charge in [0.25, 0.3) is 0 Å². The van der Waals surface area contributed by atoms with E-state index < -0.39 is 11.6 Å². The molecule has 20 heavy (non-hydrogen) atoms. The molecule has 0 fully saturated rings. The molecule has 0 spiro atoms. The summed E-state index contributed by atoms with van der Waals surface area (Å²) in [6.07, 6.45) is 0. The lowest BCUT2D eigenvalue weighted by Crippen LogP contribution is -2.16. The Morgan fingerprint density at radius 2 is 1.45 bits per heavy atom. The highest BCUT2D eigenvalue weighted by molar-refractivity contribution is 6.49. The maximum absolute atomic E-state index is 12.3. The van der Waals surface area contributed by atoms with Crippen molar-refractivity contribution in [2.75, 3.05) is 0 Å². The van der Waals surface area contributed by atoms with Crippen molar-refractivity contribution in [3.05, 3.63) is 64.2 Å². The van der Waals surface area contributed by atoms with Gasteiger partial charge in [-0.3, -0.25) is 9.59 Å². The smallest absolute Gasteiger partial charge is 0.233 e. The van der Waals surface area contributed by atoms with Gasteiger partial charge in [0.1, 0.15) is 5.75 Å². The number of carbonyl (C=O) groups excluding carboxylic acids is 2. The maximum atomic E-state index is 12.3. The zero-order valence-electron chi connectivity index (χ0n) is 11.7. The second-order valence-corrected chi connectivity index (χ2v) is 4.84. The predicted octanol–water partition coefficient (Wildman–Crippen LogP) is 3.38. The molecule has 1 N–H and O–H groups in total. The molecular weight excluding hydrogens is 252 g/mol. The second kappa shape index (κ2) is 5.29. The average Bonchev–Trinajstić information content (AvgIpc) is 2.48. The summed E-state index contributed by atoms with van der Waals surface area (Å²) in [5, 5.41) is 9.84. The molecule has 0 aliphatic rings. The molecule has 0 unspecified atom stereocenters. The molecule has 0 saturated heterocycles. The largest absolute Gasteiger partial charge is 0.508 e. The highest BCUT2D eigenvalue weighted by Crippen LogP contribution is 2.27. The molecule has 0 saturated carbocycles. The van der Waals surface area contributed by atoms with Crippen molar-refractivity contribution in [2.24, 2.45) is 0 Å². The van der Waals surface area contributed by atoms with E-state index >= 15 is 0 Å². The summed E-state index contributed by atoms with van der Waals surface area (Å²) in [5.74, 6) is -1.11. The van der Waals surface area contributed by atoms with Gasteiger partial charge >= 0.3 is 0 Å². The van der Waals surface area contributed by atoms with Gasteiger partial charge in [-0.2, -0.15) is 0 Å². The maximum Gasteiger partial charge on any atom is 0.233 e. The quantitative estimate of drug-likeness (QED) is 0.685. The molecule has 0 aliphatic heterocycles. The van der Waals surface area contributed by atoms with Crippen molar-refractivity contribution in [3.63, 3.8) is 0 Å². The number of hydrogen-bond acceptors (Lipinski definition) is 3. The number of benzene rings is 2. The molecule has 3 heteroatoms. The van der Waals surface area contributed by atoms with Gasteiger partial charge in [-0.15, -0.1) is 0 Å². The fraction of sp³-hybridized carbons (Fsp3) is 0.176. The average molecular weight is 268 g/mol. The van der Waals surface area contributed by atoms with E-state index in [0.717, 1.165) is 16.7 Å². The summed E-state index contributed by atoms with van der Waals surface area (Å²) < 4.78 is 0. The Bertz CT molecular complexity index is 685. The molecule has 0 bridgehead atoms. The Labute approximate surface area is 117 Å². The Morgan fingerprint density at radius 3 is 2.05 bits per heavy atom. The van der Waals surface area contributed by atoms with Gasteiger partial charge in [0.2, 0.25) is 11.6 Å². The van der Waals surface area contributed by atoms with Crippen LogP contribution in [0.2, 0.25) is 0 Å². The van der Waals surface area contributed by atoms with E-state index in [1.54, 1.807) is 44.2 Å². The van der Waals surface area contributed by atoms with Crippen LogP contribution in [0.3, 0.4) is 0 Å². The van der Waals surface area contributed by atoms with Crippen molar-refractivity contribution in [2.45, 2.75) is 20.8 Å². The third-order valence-electron chi connectivity index (χ3n) is 3.68. The van der Waals surface area contributed by atoms with Crippen LogP contribution in [0.25, 0.3) is 0 Å². The molecule has 2 aromatic rings. The number of carbonyl (C=O) groups is 2. The molecule has 0 atom stereocenters. The number of Topliss-reactive ketones (excluding diaryl/α,β-unsaturated/α-hetero) is 2. The number of phenolic OH excluding ortho intramolecular Hbond substituents is 1. The van der Waals surface area contributed by atoms with Crippen LogP contribution < -0.4 is 0 Å². The van der Waals surface area contributed by atoms with Crippen LogP contribution in [0.5, 0.6) is 5.75 Å². The Kier molecular flexibility index (Phi) is 3.70. The monoisotopic (exact) mass is 268 g/mol. The Morgan fingerprint density at radius 1 is 0.850 bits per heavy atom. The van der Waals surface area contributed by atoms with Crippen LogP contribution >= 0.6 is 0 Å². The van der Waals surface area contributed by atoms with Crippen LogP contribution in [-0.4, -0.2) is 16.7 Å². The zero-order chi connectivity index (χ0) is 14.9. The van der Waals surface area contributed by atoms with Crippen molar-refractivity contribution < 1.29 is 14.7 Å². The molecule has 0 aliphatic carbocycles. The fourth-order valence-corrected chi connectivity index (χ4v) is 2.11. The van der Waals surface area contributed by atoms with E-state index in [-0.39, 0.29) is 11.3 Å². The lowest BCUT2D eigenvalue weighted by molar-refractivity contribution is 0.0816. The van der Waals surface area contributed by atoms with Gasteiger partial charge in [-0.1, -0.05) is 30.3 Å². The van der Waals surface area contributed by atoms with E-state index in [4.69, 9.17) is 0 Å². The molecule has 102 valence electrons. The first-order valence-corrected chi connectivity index (χ1v) is 6.37. The van der Waals surface area contributed by atoms with Crippen LogP contribution in [-0.2, 0) is 0 Å².